The van der Waals surface area contributed by atoms with Crippen molar-refractivity contribution in [1.29, 1.82) is 0 Å². The maximum absolute atomic E-state index is 14.5. The first kappa shape index (κ1) is 18.7. The van der Waals surface area contributed by atoms with Gasteiger partial charge in [0, 0.05) is 19.2 Å². The van der Waals surface area contributed by atoms with Crippen molar-refractivity contribution in [2.24, 2.45) is 0 Å². The average molecular weight is 391 g/mol. The van der Waals surface area contributed by atoms with Crippen molar-refractivity contribution >= 4 is 29.3 Å². The molecule has 2 heterocycles. The van der Waals surface area contributed by atoms with Gasteiger partial charge in [-0.15, -0.1) is 0 Å². The number of benzene rings is 1. The van der Waals surface area contributed by atoms with E-state index in [0.717, 1.165) is 17.0 Å². The first-order chi connectivity index (χ1) is 12.6. The number of cyclic esters (lactones) is 1. The third-order valence-corrected chi connectivity index (χ3v) is 3.94. The fourth-order valence-electron chi connectivity index (χ4n) is 2.75. The summed E-state index contributed by atoms with van der Waals surface area (Å²) in [4.78, 5) is 36.4. The van der Waals surface area contributed by atoms with Crippen molar-refractivity contribution in [3.8, 4) is 5.75 Å². The molecule has 0 unspecified atom stereocenters. The van der Waals surface area contributed by atoms with E-state index in [9.17, 15) is 31.9 Å². The summed E-state index contributed by atoms with van der Waals surface area (Å²) in [6.07, 6.45) is -6.79. The Labute approximate surface area is 149 Å². The lowest BCUT2D eigenvalue weighted by Gasteiger charge is -2.31. The summed E-state index contributed by atoms with van der Waals surface area (Å²) >= 11 is 0. The van der Waals surface area contributed by atoms with Crippen molar-refractivity contribution < 1.29 is 41.4 Å². The van der Waals surface area contributed by atoms with Crippen LogP contribution in [0.25, 0.3) is 0 Å². The van der Waals surface area contributed by atoms with Crippen LogP contribution in [0.3, 0.4) is 0 Å². The quantitative estimate of drug-likeness (QED) is 0.782. The molecule has 2 aliphatic heterocycles. The molecule has 0 bridgehead atoms. The van der Waals surface area contributed by atoms with Gasteiger partial charge in [-0.2, -0.15) is 13.2 Å². The molecule has 0 saturated carbocycles. The van der Waals surface area contributed by atoms with Crippen molar-refractivity contribution in [3.63, 3.8) is 0 Å². The van der Waals surface area contributed by atoms with Gasteiger partial charge in [0.15, 0.2) is 18.5 Å². The third-order valence-electron chi connectivity index (χ3n) is 3.94. The van der Waals surface area contributed by atoms with E-state index < -0.39 is 54.8 Å². The van der Waals surface area contributed by atoms with E-state index >= 15 is 0 Å². The minimum absolute atomic E-state index is 0.0797. The van der Waals surface area contributed by atoms with Crippen LogP contribution in [0.5, 0.6) is 5.75 Å². The smallest absolute Gasteiger partial charge is 0.415 e. The molecule has 0 radical (unpaired) electrons. The molecule has 12 heteroatoms. The Balaban J connectivity index is 1.94. The fraction of sp³-hybridized carbons (Fsp3) is 0.400. The number of carbonyl (C=O) groups excluding carboxylic acids is 3. The monoisotopic (exact) mass is 391 g/mol. The van der Waals surface area contributed by atoms with E-state index in [2.05, 4.69) is 5.32 Å². The number of hydrogen-bond acceptors (Lipinski definition) is 5. The van der Waals surface area contributed by atoms with Gasteiger partial charge in [-0.05, 0) is 0 Å². The molecule has 3 amide bonds. The van der Waals surface area contributed by atoms with Crippen molar-refractivity contribution in [1.82, 2.24) is 5.32 Å². The maximum atomic E-state index is 14.5. The Morgan fingerprint density at radius 2 is 2.04 bits per heavy atom. The highest BCUT2D eigenvalue weighted by atomic mass is 19.4. The molecule has 0 aliphatic carbocycles. The van der Waals surface area contributed by atoms with Gasteiger partial charge in [-0.3, -0.25) is 19.4 Å². The van der Waals surface area contributed by atoms with Crippen LogP contribution in [0.2, 0.25) is 0 Å². The molecule has 0 spiro atoms. The number of halogens is 4. The maximum Gasteiger partial charge on any atom is 0.415 e. The van der Waals surface area contributed by atoms with Crippen LogP contribution in [0, 0.1) is 5.82 Å². The van der Waals surface area contributed by atoms with E-state index in [4.69, 9.17) is 9.47 Å². The van der Waals surface area contributed by atoms with Gasteiger partial charge < -0.3 is 14.8 Å². The van der Waals surface area contributed by atoms with E-state index in [-0.39, 0.29) is 22.9 Å². The lowest BCUT2D eigenvalue weighted by Crippen LogP contribution is -2.44. The van der Waals surface area contributed by atoms with Crippen molar-refractivity contribution in [2.45, 2.75) is 12.3 Å². The summed E-state index contributed by atoms with van der Waals surface area (Å²) in [6.45, 7) is -2.61. The van der Waals surface area contributed by atoms with Gasteiger partial charge in [0.2, 0.25) is 0 Å². The second-order valence-electron chi connectivity index (χ2n) is 5.76. The fourth-order valence-corrected chi connectivity index (χ4v) is 2.75. The zero-order valence-corrected chi connectivity index (χ0v) is 13.8. The van der Waals surface area contributed by atoms with Crippen LogP contribution in [-0.4, -0.2) is 56.9 Å². The van der Waals surface area contributed by atoms with Crippen LogP contribution in [0.4, 0.5) is 33.7 Å². The van der Waals surface area contributed by atoms with E-state index in [0.29, 0.717) is 0 Å². The molecule has 1 fully saturated rings. The molecule has 1 saturated heterocycles. The van der Waals surface area contributed by atoms with Crippen LogP contribution in [0.1, 0.15) is 0 Å². The number of ether oxygens (including phenoxy) is 2. The van der Waals surface area contributed by atoms with Gasteiger partial charge in [-0.1, -0.05) is 0 Å². The number of anilines is 2. The molecule has 27 heavy (non-hydrogen) atoms. The molecular weight excluding hydrogens is 378 g/mol. The first-order valence-electron chi connectivity index (χ1n) is 7.64. The van der Waals surface area contributed by atoms with Crippen LogP contribution < -0.4 is 19.9 Å². The number of likely N-dealkylation sites (N-methyl/N-ethyl adjacent to an activating group) is 1. The second kappa shape index (κ2) is 6.59. The number of fused-ring (bicyclic) bond motifs is 1. The van der Waals surface area contributed by atoms with E-state index in [1.165, 1.54) is 7.05 Å². The molecule has 1 atom stereocenters. The van der Waals surface area contributed by atoms with Gasteiger partial charge in [0.1, 0.15) is 18.0 Å². The zero-order chi connectivity index (χ0) is 19.9. The molecular formula is C15H13F4N3O5. The van der Waals surface area contributed by atoms with E-state index in [1.807, 2.05) is 0 Å². The van der Waals surface area contributed by atoms with Gasteiger partial charge in [-0.25, -0.2) is 9.18 Å². The number of alkyl halides is 3. The summed E-state index contributed by atoms with van der Waals surface area (Å²) in [5, 5.41) is 2.30. The SMILES string of the molecule is CNC(=O)[C@H]1CN(c2cc(F)c3c(c2)OCC(=O)N3CC(F)(F)F)C(=O)O1. The average Bonchev–Trinajstić information content (AvgIpc) is 2.97. The number of amides is 3. The molecule has 3 rings (SSSR count). The van der Waals surface area contributed by atoms with Gasteiger partial charge in [0.05, 0.1) is 12.2 Å². The van der Waals surface area contributed by atoms with E-state index in [1.54, 1.807) is 0 Å². The molecule has 1 aromatic carbocycles. The molecule has 1 N–H and O–H groups in total. The molecule has 8 nitrogen and oxygen atoms in total. The normalized spacial score (nSPS) is 19.5. The minimum Gasteiger partial charge on any atom is -0.481 e. The zero-order valence-electron chi connectivity index (χ0n) is 13.8. The summed E-state index contributed by atoms with van der Waals surface area (Å²) in [5.41, 5.74) is -0.744. The lowest BCUT2D eigenvalue weighted by atomic mass is 10.1. The van der Waals surface area contributed by atoms with Gasteiger partial charge in [0.25, 0.3) is 11.8 Å². The third kappa shape index (κ3) is 3.59. The Morgan fingerprint density at radius 1 is 1.33 bits per heavy atom. The summed E-state index contributed by atoms with van der Waals surface area (Å²) < 4.78 is 62.5. The Hall–Kier alpha value is -3.05. The Morgan fingerprint density at radius 3 is 2.67 bits per heavy atom. The topological polar surface area (TPSA) is 88.2 Å². The predicted molar refractivity (Wildman–Crippen MR) is 82.0 cm³/mol. The molecule has 0 aromatic heterocycles. The van der Waals surface area contributed by atoms with Gasteiger partial charge >= 0.3 is 12.3 Å². The number of carbonyl (C=O) groups is 3. The predicted octanol–water partition coefficient (Wildman–Crippen LogP) is 1.18. The molecule has 146 valence electrons. The number of nitrogens with one attached hydrogen (secondary N) is 1. The Bertz CT molecular complexity index is 813. The minimum atomic E-state index is -4.74. The summed E-state index contributed by atoms with van der Waals surface area (Å²) in [6, 6.07) is 1.89. The second-order valence-corrected chi connectivity index (χ2v) is 5.76. The van der Waals surface area contributed by atoms with Crippen molar-refractivity contribution in [3.05, 3.63) is 17.9 Å². The number of nitrogens with zero attached hydrogens (tertiary/aromatic N) is 2. The highest BCUT2D eigenvalue weighted by Crippen LogP contribution is 2.40. The first-order valence-corrected chi connectivity index (χ1v) is 7.64. The summed E-state index contributed by atoms with van der Waals surface area (Å²) in [5.74, 6) is -3.13. The van der Waals surface area contributed by atoms with Crippen LogP contribution in [-0.2, 0) is 14.3 Å². The van der Waals surface area contributed by atoms with Crippen LogP contribution >= 0.6 is 0 Å². The van der Waals surface area contributed by atoms with Crippen LogP contribution in [0.15, 0.2) is 12.1 Å². The number of rotatable bonds is 3. The highest BCUT2D eigenvalue weighted by molar-refractivity contribution is 6.00. The highest BCUT2D eigenvalue weighted by Gasteiger charge is 2.41. The molecule has 1 aromatic rings. The lowest BCUT2D eigenvalue weighted by molar-refractivity contribution is -0.134. The summed E-state index contributed by atoms with van der Waals surface area (Å²) in [7, 11) is 1.34. The largest absolute Gasteiger partial charge is 0.481 e. The molecule has 2 aliphatic rings. The standard InChI is InChI=1S/C15H13F4N3O5/c1-20-13(24)10-4-21(14(25)27-10)7-2-8(16)12-9(3-7)26-5-11(23)22(12)6-15(17,18)19/h2-3,10H,4-6H2,1H3,(H,20,24)/t10-/m1/s1. The van der Waals surface area contributed by atoms with Crippen molar-refractivity contribution in [2.75, 3.05) is 36.5 Å². The Kier molecular flexibility index (Phi) is 4.57. The number of hydrogen-bond donors (Lipinski definition) is 1.